The second-order valence-corrected chi connectivity index (χ2v) is 5.33. The maximum atomic E-state index is 11.9. The molecule has 1 saturated heterocycles. The van der Waals surface area contributed by atoms with Gasteiger partial charge in [0, 0.05) is 5.56 Å². The van der Waals surface area contributed by atoms with E-state index in [-0.39, 0.29) is 29.0 Å². The largest absolute Gasteiger partial charge is 0.292 e. The third-order valence-electron chi connectivity index (χ3n) is 2.38. The van der Waals surface area contributed by atoms with Gasteiger partial charge in [-0.25, -0.2) is 0 Å². The average molecular weight is 304 g/mol. The van der Waals surface area contributed by atoms with Gasteiger partial charge in [0.25, 0.3) is 5.24 Å². The lowest BCUT2D eigenvalue weighted by molar-refractivity contribution is -0.124. The second kappa shape index (κ2) is 5.30. The van der Waals surface area contributed by atoms with Crippen molar-refractivity contribution in [3.63, 3.8) is 0 Å². The molecule has 0 saturated carbocycles. The number of hydrogen-bond donors (Lipinski definition) is 0. The molecule has 1 heterocycles. The predicted octanol–water partition coefficient (Wildman–Crippen LogP) is 2.87. The van der Waals surface area contributed by atoms with Crippen LogP contribution in [0.2, 0.25) is 10.0 Å². The van der Waals surface area contributed by atoms with Crippen molar-refractivity contribution >= 4 is 51.9 Å². The molecule has 94 valence electrons. The molecule has 2 amide bonds. The van der Waals surface area contributed by atoms with Crippen LogP contribution in [0, 0.1) is 0 Å². The number of hydrogen-bond acceptors (Lipinski definition) is 4. The van der Waals surface area contributed by atoms with Crippen LogP contribution in [0.5, 0.6) is 0 Å². The SMILES string of the molecule is O=C(CN1C(=O)CSC1=O)c1ccc(Cl)c(Cl)c1. The maximum Gasteiger partial charge on any atom is 0.289 e. The Kier molecular flexibility index (Phi) is 3.94. The average Bonchev–Trinajstić information content (AvgIpc) is 2.64. The first kappa shape index (κ1) is 13.4. The molecule has 18 heavy (non-hydrogen) atoms. The van der Waals surface area contributed by atoms with Crippen LogP contribution in [0.1, 0.15) is 10.4 Å². The van der Waals surface area contributed by atoms with Crippen molar-refractivity contribution in [1.82, 2.24) is 4.90 Å². The summed E-state index contributed by atoms with van der Waals surface area (Å²) in [6.07, 6.45) is 0. The van der Waals surface area contributed by atoms with Gasteiger partial charge in [0.2, 0.25) is 5.91 Å². The van der Waals surface area contributed by atoms with Crippen LogP contribution in [0.25, 0.3) is 0 Å². The normalized spacial score (nSPS) is 15.3. The van der Waals surface area contributed by atoms with Gasteiger partial charge in [-0.1, -0.05) is 35.0 Å². The van der Waals surface area contributed by atoms with Crippen LogP contribution in [0.4, 0.5) is 4.79 Å². The quantitative estimate of drug-likeness (QED) is 0.806. The number of imide groups is 1. The molecule has 0 aliphatic carbocycles. The summed E-state index contributed by atoms with van der Waals surface area (Å²) in [4.78, 5) is 35.5. The predicted molar refractivity (Wildman–Crippen MR) is 70.4 cm³/mol. The Morgan fingerprint density at radius 1 is 1.28 bits per heavy atom. The Bertz CT molecular complexity index is 531. The molecule has 1 aliphatic heterocycles. The van der Waals surface area contributed by atoms with Crippen LogP contribution in [0.3, 0.4) is 0 Å². The number of thioether (sulfide) groups is 1. The van der Waals surface area contributed by atoms with Crippen LogP contribution in [-0.4, -0.2) is 34.1 Å². The van der Waals surface area contributed by atoms with Crippen molar-refractivity contribution in [2.75, 3.05) is 12.3 Å². The zero-order valence-electron chi connectivity index (χ0n) is 8.98. The molecule has 0 N–H and O–H groups in total. The number of carbonyl (C=O) groups is 3. The summed E-state index contributed by atoms with van der Waals surface area (Å²) in [7, 11) is 0. The summed E-state index contributed by atoms with van der Waals surface area (Å²) in [5.41, 5.74) is 0.321. The maximum absolute atomic E-state index is 11.9. The Morgan fingerprint density at radius 2 is 2.00 bits per heavy atom. The highest BCUT2D eigenvalue weighted by Gasteiger charge is 2.31. The third-order valence-corrected chi connectivity index (χ3v) is 3.98. The van der Waals surface area contributed by atoms with Gasteiger partial charge >= 0.3 is 0 Å². The van der Waals surface area contributed by atoms with Crippen LogP contribution in [-0.2, 0) is 4.79 Å². The minimum Gasteiger partial charge on any atom is -0.292 e. The summed E-state index contributed by atoms with van der Waals surface area (Å²) >= 11 is 12.4. The molecule has 0 bridgehead atoms. The standard InChI is InChI=1S/C11H7Cl2NO3S/c12-7-2-1-6(3-8(7)13)9(15)4-14-10(16)5-18-11(14)17/h1-3H,4-5H2. The molecule has 0 atom stereocenters. The van der Waals surface area contributed by atoms with E-state index in [2.05, 4.69) is 0 Å². The summed E-state index contributed by atoms with van der Waals surface area (Å²) in [5, 5.41) is 0.210. The summed E-state index contributed by atoms with van der Waals surface area (Å²) in [6.45, 7) is -0.261. The summed E-state index contributed by atoms with van der Waals surface area (Å²) in [5.74, 6) is -0.607. The second-order valence-electron chi connectivity index (χ2n) is 3.59. The Labute approximate surface area is 117 Å². The number of ketones is 1. The highest BCUT2D eigenvalue weighted by Crippen LogP contribution is 2.24. The molecular weight excluding hydrogens is 297 g/mol. The molecule has 1 aromatic rings. The van der Waals surface area contributed by atoms with E-state index in [1.165, 1.54) is 18.2 Å². The molecule has 2 rings (SSSR count). The van der Waals surface area contributed by atoms with Gasteiger partial charge in [0.1, 0.15) is 0 Å². The minimum atomic E-state index is -0.395. The molecule has 1 aliphatic rings. The number of halogens is 2. The molecule has 0 aromatic heterocycles. The van der Waals surface area contributed by atoms with Gasteiger partial charge in [-0.2, -0.15) is 0 Å². The van der Waals surface area contributed by atoms with E-state index < -0.39 is 5.24 Å². The van der Waals surface area contributed by atoms with Gasteiger partial charge in [-0.15, -0.1) is 0 Å². The number of carbonyl (C=O) groups excluding carboxylic acids is 3. The van der Waals surface area contributed by atoms with E-state index in [1.807, 2.05) is 0 Å². The first-order chi connectivity index (χ1) is 8.49. The molecule has 7 heteroatoms. The van der Waals surface area contributed by atoms with Crippen LogP contribution >= 0.6 is 35.0 Å². The molecule has 1 aromatic carbocycles. The zero-order valence-corrected chi connectivity index (χ0v) is 11.3. The number of nitrogens with zero attached hydrogens (tertiary/aromatic N) is 1. The van der Waals surface area contributed by atoms with Crippen molar-refractivity contribution in [3.8, 4) is 0 Å². The fourth-order valence-corrected chi connectivity index (χ4v) is 2.46. The van der Waals surface area contributed by atoms with Crippen molar-refractivity contribution in [1.29, 1.82) is 0 Å². The van der Waals surface area contributed by atoms with Gasteiger partial charge < -0.3 is 0 Å². The summed E-state index contributed by atoms with van der Waals surface area (Å²) in [6, 6.07) is 4.43. The van der Waals surface area contributed by atoms with E-state index in [9.17, 15) is 14.4 Å². The molecule has 0 spiro atoms. The lowest BCUT2D eigenvalue weighted by Gasteiger charge is -2.11. The number of benzene rings is 1. The van der Waals surface area contributed by atoms with Crippen molar-refractivity contribution < 1.29 is 14.4 Å². The topological polar surface area (TPSA) is 54.5 Å². The number of rotatable bonds is 3. The van der Waals surface area contributed by atoms with E-state index in [4.69, 9.17) is 23.2 Å². The van der Waals surface area contributed by atoms with Crippen molar-refractivity contribution in [2.24, 2.45) is 0 Å². The highest BCUT2D eigenvalue weighted by atomic mass is 35.5. The fourth-order valence-electron chi connectivity index (χ4n) is 1.44. The molecule has 0 unspecified atom stereocenters. The lowest BCUT2D eigenvalue weighted by atomic mass is 10.1. The molecular formula is C11H7Cl2NO3S. The van der Waals surface area contributed by atoms with Gasteiger partial charge in [-0.3, -0.25) is 19.3 Å². The van der Waals surface area contributed by atoms with Crippen molar-refractivity contribution in [3.05, 3.63) is 33.8 Å². The van der Waals surface area contributed by atoms with Crippen LogP contribution in [0.15, 0.2) is 18.2 Å². The van der Waals surface area contributed by atoms with Gasteiger partial charge in [0.05, 0.1) is 22.3 Å². The van der Waals surface area contributed by atoms with E-state index in [0.29, 0.717) is 10.6 Å². The number of Topliss-reactive ketones (excluding diaryl/α,β-unsaturated/α-hetero) is 1. The first-order valence-corrected chi connectivity index (χ1v) is 6.68. The number of amides is 2. The Balaban J connectivity index is 2.14. The molecule has 4 nitrogen and oxygen atoms in total. The van der Waals surface area contributed by atoms with Crippen molar-refractivity contribution in [2.45, 2.75) is 0 Å². The van der Waals surface area contributed by atoms with Gasteiger partial charge in [0.15, 0.2) is 5.78 Å². The van der Waals surface area contributed by atoms with E-state index >= 15 is 0 Å². The third kappa shape index (κ3) is 2.68. The molecule has 1 fully saturated rings. The smallest absolute Gasteiger partial charge is 0.289 e. The fraction of sp³-hybridized carbons (Fsp3) is 0.182. The van der Waals surface area contributed by atoms with E-state index in [0.717, 1.165) is 16.7 Å². The lowest BCUT2D eigenvalue weighted by Crippen LogP contribution is -2.33. The molecule has 0 radical (unpaired) electrons. The Morgan fingerprint density at radius 3 is 2.56 bits per heavy atom. The monoisotopic (exact) mass is 303 g/mol. The van der Waals surface area contributed by atoms with Crippen LogP contribution < -0.4 is 0 Å². The van der Waals surface area contributed by atoms with E-state index in [1.54, 1.807) is 0 Å². The van der Waals surface area contributed by atoms with Gasteiger partial charge in [-0.05, 0) is 18.2 Å². The summed E-state index contributed by atoms with van der Waals surface area (Å²) < 4.78 is 0. The minimum absolute atomic E-state index is 0.0908. The highest BCUT2D eigenvalue weighted by molar-refractivity contribution is 8.14. The first-order valence-electron chi connectivity index (χ1n) is 4.94. The Hall–Kier alpha value is -1.04. The zero-order chi connectivity index (χ0) is 13.3.